The molecule has 6 nitrogen and oxygen atoms in total. The predicted molar refractivity (Wildman–Crippen MR) is 133 cm³/mol. The first kappa shape index (κ1) is 30.4. The van der Waals surface area contributed by atoms with Gasteiger partial charge in [0, 0.05) is 26.6 Å². The summed E-state index contributed by atoms with van der Waals surface area (Å²) >= 11 is 0. The minimum absolute atomic E-state index is 0.0253. The number of aliphatic hydroxyl groups is 1. The van der Waals surface area contributed by atoms with Gasteiger partial charge in [-0.25, -0.2) is 21.5 Å². The standard InChI is InChI=1S/C26H21F8N3O3S/c1-36(2)41(39,40)19-10-7-16(8-11-19)15-3-5-17(6-4-15)22-14-23(24(38,25(29,30)31)26(32,33)34)35-37(22)21-12-9-18(27)13-20(21)28/h3-13,22,38H,14H2,1-2H3. The molecule has 0 aromatic heterocycles. The largest absolute Gasteiger partial charge is 0.431 e. The number of sulfonamides is 1. The molecule has 1 aliphatic rings. The summed E-state index contributed by atoms with van der Waals surface area (Å²) in [6, 6.07) is 11.9. The first-order chi connectivity index (χ1) is 18.9. The molecule has 0 radical (unpaired) electrons. The molecule has 0 saturated heterocycles. The van der Waals surface area contributed by atoms with Gasteiger partial charge in [-0.2, -0.15) is 31.4 Å². The molecule has 0 amide bonds. The molecule has 1 atom stereocenters. The number of halogens is 8. The molecule has 1 heterocycles. The first-order valence-corrected chi connectivity index (χ1v) is 13.1. The molecule has 1 unspecified atom stereocenters. The van der Waals surface area contributed by atoms with Gasteiger partial charge in [-0.15, -0.1) is 0 Å². The van der Waals surface area contributed by atoms with Crippen molar-refractivity contribution in [2.75, 3.05) is 19.1 Å². The minimum Gasteiger partial charge on any atom is -0.369 e. The van der Waals surface area contributed by atoms with E-state index in [1.54, 1.807) is 0 Å². The highest BCUT2D eigenvalue weighted by Crippen LogP contribution is 2.49. The summed E-state index contributed by atoms with van der Waals surface area (Å²) in [4.78, 5) is 0.0253. The molecule has 3 aromatic rings. The third-order valence-electron chi connectivity index (χ3n) is 6.57. The van der Waals surface area contributed by atoms with Crippen molar-refractivity contribution in [3.05, 3.63) is 83.9 Å². The van der Waals surface area contributed by atoms with Crippen molar-refractivity contribution in [2.45, 2.75) is 35.3 Å². The van der Waals surface area contributed by atoms with Crippen LogP contribution in [0.5, 0.6) is 0 Å². The van der Waals surface area contributed by atoms with Crippen LogP contribution in [-0.4, -0.2) is 55.6 Å². The number of nitrogens with zero attached hydrogens (tertiary/aromatic N) is 3. The second-order valence-electron chi connectivity index (χ2n) is 9.35. The Labute approximate surface area is 229 Å². The van der Waals surface area contributed by atoms with E-state index in [1.165, 1.54) is 62.6 Å². The summed E-state index contributed by atoms with van der Waals surface area (Å²) in [5.74, 6) is -2.34. The van der Waals surface area contributed by atoms with Gasteiger partial charge in [-0.1, -0.05) is 36.4 Å². The highest BCUT2D eigenvalue weighted by molar-refractivity contribution is 7.89. The lowest BCUT2D eigenvalue weighted by Gasteiger charge is -2.32. The SMILES string of the molecule is CN(C)S(=O)(=O)c1ccc(-c2ccc(C3CC(C(O)(C(F)(F)F)C(F)(F)F)=NN3c3ccc(F)cc3F)cc2)cc1. The van der Waals surface area contributed by atoms with Gasteiger partial charge in [0.15, 0.2) is 5.82 Å². The molecule has 0 saturated carbocycles. The molecule has 0 bridgehead atoms. The Morgan fingerprint density at radius 1 is 0.854 bits per heavy atom. The van der Waals surface area contributed by atoms with Gasteiger partial charge in [-0.3, -0.25) is 5.01 Å². The van der Waals surface area contributed by atoms with Gasteiger partial charge in [-0.05, 0) is 41.0 Å². The lowest BCUT2D eigenvalue weighted by atomic mass is 9.89. The Hall–Kier alpha value is -3.56. The van der Waals surface area contributed by atoms with E-state index < -0.39 is 63.5 Å². The van der Waals surface area contributed by atoms with Gasteiger partial charge in [0.2, 0.25) is 10.0 Å². The Balaban J connectivity index is 1.74. The Morgan fingerprint density at radius 3 is 1.83 bits per heavy atom. The molecule has 4 rings (SSSR count). The number of hydrogen-bond donors (Lipinski definition) is 1. The Kier molecular flexibility index (Phi) is 7.69. The predicted octanol–water partition coefficient (Wildman–Crippen LogP) is 6.05. The van der Waals surface area contributed by atoms with Crippen molar-refractivity contribution in [1.82, 2.24) is 4.31 Å². The van der Waals surface area contributed by atoms with Crippen molar-refractivity contribution in [3.63, 3.8) is 0 Å². The molecular weight excluding hydrogens is 586 g/mol. The maximum atomic E-state index is 14.6. The molecule has 1 N–H and O–H groups in total. The van der Waals surface area contributed by atoms with Crippen LogP contribution in [-0.2, 0) is 10.0 Å². The van der Waals surface area contributed by atoms with E-state index in [1.807, 2.05) is 0 Å². The van der Waals surface area contributed by atoms with E-state index in [0.29, 0.717) is 22.2 Å². The van der Waals surface area contributed by atoms with Crippen molar-refractivity contribution in [2.24, 2.45) is 5.10 Å². The summed E-state index contributed by atoms with van der Waals surface area (Å²) in [5.41, 5.74) is -6.48. The zero-order valence-corrected chi connectivity index (χ0v) is 22.0. The van der Waals surface area contributed by atoms with Crippen LogP contribution < -0.4 is 5.01 Å². The van der Waals surface area contributed by atoms with Crippen LogP contribution in [0.25, 0.3) is 11.1 Å². The first-order valence-electron chi connectivity index (χ1n) is 11.7. The number of benzene rings is 3. The maximum Gasteiger partial charge on any atom is 0.431 e. The number of hydrazone groups is 1. The molecule has 0 spiro atoms. The number of hydrogen-bond acceptors (Lipinski definition) is 5. The van der Waals surface area contributed by atoms with Crippen molar-refractivity contribution < 1.29 is 48.6 Å². The van der Waals surface area contributed by atoms with Gasteiger partial charge < -0.3 is 5.11 Å². The normalized spacial score (nSPS) is 16.8. The van der Waals surface area contributed by atoms with E-state index in [9.17, 15) is 48.6 Å². The van der Waals surface area contributed by atoms with Crippen LogP contribution >= 0.6 is 0 Å². The molecular formula is C26H21F8N3O3S. The fraction of sp³-hybridized carbons (Fsp3) is 0.269. The Morgan fingerprint density at radius 2 is 1.37 bits per heavy atom. The van der Waals surface area contributed by atoms with E-state index in [0.717, 1.165) is 16.4 Å². The average molecular weight is 608 g/mol. The summed E-state index contributed by atoms with van der Waals surface area (Å²) in [6.45, 7) is 0. The fourth-order valence-electron chi connectivity index (χ4n) is 4.29. The second-order valence-corrected chi connectivity index (χ2v) is 11.5. The quantitative estimate of drug-likeness (QED) is 0.347. The lowest BCUT2D eigenvalue weighted by molar-refractivity contribution is -0.338. The molecule has 15 heteroatoms. The number of alkyl halides is 6. The molecule has 3 aromatic carbocycles. The summed E-state index contributed by atoms with van der Waals surface area (Å²) in [7, 11) is -0.957. The fourth-order valence-corrected chi connectivity index (χ4v) is 5.20. The topological polar surface area (TPSA) is 73.2 Å². The monoisotopic (exact) mass is 607 g/mol. The summed E-state index contributed by atoms with van der Waals surface area (Å²) in [6.07, 6.45) is -13.5. The molecule has 220 valence electrons. The van der Waals surface area contributed by atoms with E-state index >= 15 is 0 Å². The molecule has 0 aliphatic carbocycles. The number of anilines is 1. The minimum atomic E-state index is -6.21. The van der Waals surface area contributed by atoms with Gasteiger partial charge >= 0.3 is 12.4 Å². The maximum absolute atomic E-state index is 14.6. The smallest absolute Gasteiger partial charge is 0.369 e. The van der Waals surface area contributed by atoms with Crippen LogP contribution in [0.15, 0.2) is 76.7 Å². The van der Waals surface area contributed by atoms with Crippen molar-refractivity contribution >= 4 is 21.4 Å². The molecule has 41 heavy (non-hydrogen) atoms. The lowest BCUT2D eigenvalue weighted by Crippen LogP contribution is -2.62. The Bertz CT molecular complexity index is 1560. The van der Waals surface area contributed by atoms with E-state index in [4.69, 9.17) is 0 Å². The summed E-state index contributed by atoms with van der Waals surface area (Å²) in [5, 5.41) is 13.8. The van der Waals surface area contributed by atoms with Gasteiger partial charge in [0.25, 0.3) is 5.60 Å². The zero-order valence-electron chi connectivity index (χ0n) is 21.2. The van der Waals surface area contributed by atoms with Crippen LogP contribution in [0.3, 0.4) is 0 Å². The van der Waals surface area contributed by atoms with Crippen LogP contribution in [0, 0.1) is 11.6 Å². The summed E-state index contributed by atoms with van der Waals surface area (Å²) < 4.78 is 135. The van der Waals surface area contributed by atoms with Crippen LogP contribution in [0.1, 0.15) is 18.0 Å². The molecule has 1 aliphatic heterocycles. The third-order valence-corrected chi connectivity index (χ3v) is 8.40. The van der Waals surface area contributed by atoms with Gasteiger partial charge in [0.05, 0.1) is 22.3 Å². The van der Waals surface area contributed by atoms with Crippen molar-refractivity contribution in [3.8, 4) is 11.1 Å². The van der Waals surface area contributed by atoms with Crippen LogP contribution in [0.4, 0.5) is 40.8 Å². The van der Waals surface area contributed by atoms with E-state index in [-0.39, 0.29) is 10.5 Å². The average Bonchev–Trinajstić information content (AvgIpc) is 3.32. The van der Waals surface area contributed by atoms with Gasteiger partial charge in [0.1, 0.15) is 5.82 Å². The van der Waals surface area contributed by atoms with E-state index in [2.05, 4.69) is 5.10 Å². The third kappa shape index (κ3) is 5.40. The molecule has 0 fully saturated rings. The highest BCUT2D eigenvalue weighted by atomic mass is 32.2. The van der Waals surface area contributed by atoms with Crippen molar-refractivity contribution in [1.29, 1.82) is 0 Å². The second kappa shape index (κ2) is 10.4. The zero-order chi connectivity index (χ0) is 30.5. The number of rotatable bonds is 6. The highest BCUT2D eigenvalue weighted by Gasteiger charge is 2.74. The van der Waals surface area contributed by atoms with Crippen LogP contribution in [0.2, 0.25) is 0 Å².